The molecule has 1 unspecified atom stereocenters. The van der Waals surface area contributed by atoms with Crippen LogP contribution >= 0.6 is 0 Å². The Morgan fingerprint density at radius 2 is 2.08 bits per heavy atom. The smallest absolute Gasteiger partial charge is 0.134 e. The van der Waals surface area contributed by atoms with Crippen LogP contribution in [0, 0.1) is 11.3 Å². The Morgan fingerprint density at radius 3 is 2.80 bits per heavy atom. The predicted octanol–water partition coefficient (Wildman–Crippen LogP) is 2.22. The van der Waals surface area contributed by atoms with E-state index in [-0.39, 0.29) is 6.61 Å². The fourth-order valence-electron chi connectivity index (χ4n) is 4.50. The molecule has 0 bridgehead atoms. The van der Waals surface area contributed by atoms with Crippen LogP contribution in [0.3, 0.4) is 0 Å². The third-order valence-corrected chi connectivity index (χ3v) is 5.71. The van der Waals surface area contributed by atoms with Gasteiger partial charge in [0.15, 0.2) is 0 Å². The minimum atomic E-state index is 0.264. The van der Waals surface area contributed by atoms with E-state index in [1.54, 1.807) is 6.33 Å². The number of hydrogen-bond donors (Lipinski definition) is 2. The predicted molar refractivity (Wildman–Crippen MR) is 102 cm³/mol. The van der Waals surface area contributed by atoms with Gasteiger partial charge in [-0.15, -0.1) is 0 Å². The van der Waals surface area contributed by atoms with Crippen molar-refractivity contribution in [3.05, 3.63) is 12.4 Å². The highest BCUT2D eigenvalue weighted by Crippen LogP contribution is 2.38. The fourth-order valence-corrected chi connectivity index (χ4v) is 4.50. The molecule has 0 amide bonds. The quantitative estimate of drug-likeness (QED) is 0.788. The van der Waals surface area contributed by atoms with Crippen molar-refractivity contribution in [2.45, 2.75) is 38.5 Å². The fraction of sp³-hybridized carbons (Fsp3) is 0.789. The number of rotatable bonds is 7. The van der Waals surface area contributed by atoms with Crippen LogP contribution in [-0.2, 0) is 0 Å². The molecule has 1 atom stereocenters. The normalized spacial score (nSPS) is 23.2. The molecular weight excluding hydrogens is 314 g/mol. The lowest BCUT2D eigenvalue weighted by Crippen LogP contribution is -2.38. The van der Waals surface area contributed by atoms with Gasteiger partial charge in [0.1, 0.15) is 18.0 Å². The summed E-state index contributed by atoms with van der Waals surface area (Å²) < 4.78 is 0. The first-order chi connectivity index (χ1) is 12.1. The van der Waals surface area contributed by atoms with Crippen LogP contribution < -0.4 is 10.2 Å². The van der Waals surface area contributed by atoms with Crippen LogP contribution in [0.25, 0.3) is 0 Å². The van der Waals surface area contributed by atoms with E-state index < -0.39 is 0 Å². The Morgan fingerprint density at radius 1 is 1.28 bits per heavy atom. The van der Waals surface area contributed by atoms with Gasteiger partial charge in [0.05, 0.1) is 0 Å². The molecule has 1 aliphatic heterocycles. The van der Waals surface area contributed by atoms with Crippen molar-refractivity contribution >= 4 is 11.6 Å². The lowest BCUT2D eigenvalue weighted by Gasteiger charge is -2.33. The zero-order valence-electron chi connectivity index (χ0n) is 15.7. The molecule has 1 aromatic heterocycles. The minimum Gasteiger partial charge on any atom is -0.396 e. The van der Waals surface area contributed by atoms with Crippen molar-refractivity contribution in [1.29, 1.82) is 0 Å². The van der Waals surface area contributed by atoms with Gasteiger partial charge < -0.3 is 20.2 Å². The molecule has 1 saturated heterocycles. The first kappa shape index (κ1) is 18.4. The van der Waals surface area contributed by atoms with Crippen molar-refractivity contribution in [2.24, 2.45) is 11.3 Å². The summed E-state index contributed by atoms with van der Waals surface area (Å²) in [6, 6.07) is 2.07. The Hall–Kier alpha value is -1.40. The van der Waals surface area contributed by atoms with Gasteiger partial charge in [-0.2, -0.15) is 0 Å². The number of aromatic nitrogens is 2. The third-order valence-electron chi connectivity index (χ3n) is 5.71. The van der Waals surface area contributed by atoms with Gasteiger partial charge in [0.25, 0.3) is 0 Å². The summed E-state index contributed by atoms with van der Waals surface area (Å²) in [5.41, 5.74) is 0.363. The largest absolute Gasteiger partial charge is 0.396 e. The number of nitrogens with one attached hydrogen (secondary N) is 1. The first-order valence-electron chi connectivity index (χ1n) is 9.67. The number of nitrogens with zero attached hydrogens (tertiary/aromatic N) is 4. The van der Waals surface area contributed by atoms with Crippen molar-refractivity contribution in [3.8, 4) is 0 Å². The molecule has 2 aliphatic rings. The van der Waals surface area contributed by atoms with Crippen LogP contribution in [0.5, 0.6) is 0 Å². The molecule has 2 fully saturated rings. The van der Waals surface area contributed by atoms with Gasteiger partial charge in [0, 0.05) is 44.3 Å². The maximum Gasteiger partial charge on any atom is 0.134 e. The lowest BCUT2D eigenvalue weighted by atomic mass is 9.85. The number of anilines is 2. The van der Waals surface area contributed by atoms with Crippen LogP contribution in [0.2, 0.25) is 0 Å². The molecule has 0 aromatic carbocycles. The average Bonchev–Trinajstić information content (AvgIpc) is 3.08. The van der Waals surface area contributed by atoms with Crippen molar-refractivity contribution in [1.82, 2.24) is 14.9 Å². The first-order valence-corrected chi connectivity index (χ1v) is 9.67. The highest BCUT2D eigenvalue weighted by Gasteiger charge is 2.34. The second-order valence-corrected chi connectivity index (χ2v) is 8.20. The summed E-state index contributed by atoms with van der Waals surface area (Å²) >= 11 is 0. The molecule has 1 saturated carbocycles. The zero-order valence-corrected chi connectivity index (χ0v) is 15.7. The molecule has 25 heavy (non-hydrogen) atoms. The van der Waals surface area contributed by atoms with E-state index in [9.17, 15) is 5.11 Å². The Kier molecular flexibility index (Phi) is 6.12. The van der Waals surface area contributed by atoms with Crippen molar-refractivity contribution in [2.75, 3.05) is 57.1 Å². The summed E-state index contributed by atoms with van der Waals surface area (Å²) in [6.07, 6.45) is 9.14. The van der Waals surface area contributed by atoms with E-state index in [0.29, 0.717) is 11.3 Å². The van der Waals surface area contributed by atoms with E-state index in [1.807, 2.05) is 0 Å². The van der Waals surface area contributed by atoms with Crippen LogP contribution in [-0.4, -0.2) is 66.9 Å². The molecule has 6 nitrogen and oxygen atoms in total. The molecule has 6 heteroatoms. The molecule has 1 aliphatic carbocycles. The van der Waals surface area contributed by atoms with Crippen LogP contribution in [0.1, 0.15) is 38.5 Å². The molecule has 2 heterocycles. The average molecular weight is 348 g/mol. The van der Waals surface area contributed by atoms with Gasteiger partial charge >= 0.3 is 0 Å². The maximum atomic E-state index is 9.44. The standard InChI is InChI=1S/C19H33N5O/c1-23(2)14-19(7-3-4-8-19)13-20-17-10-18(22-15-21-17)24-9-5-6-16(11-24)12-25/h10,15-16,25H,3-9,11-14H2,1-2H3,(H,20,21,22). The summed E-state index contributed by atoms with van der Waals surface area (Å²) in [5, 5.41) is 13.0. The Balaban J connectivity index is 1.63. The third kappa shape index (κ3) is 4.82. The van der Waals surface area contributed by atoms with Crippen molar-refractivity contribution in [3.63, 3.8) is 0 Å². The number of aliphatic hydroxyl groups excluding tert-OH is 1. The molecule has 3 rings (SSSR count). The molecule has 140 valence electrons. The SMILES string of the molecule is CN(C)CC1(CNc2cc(N3CCCC(CO)C3)ncn2)CCCC1. The van der Waals surface area contributed by atoms with E-state index >= 15 is 0 Å². The zero-order chi connectivity index (χ0) is 17.7. The molecular formula is C19H33N5O. The minimum absolute atomic E-state index is 0.264. The molecule has 0 spiro atoms. The van der Waals surface area contributed by atoms with Crippen molar-refractivity contribution < 1.29 is 5.11 Å². The topological polar surface area (TPSA) is 64.5 Å². The summed E-state index contributed by atoms with van der Waals surface area (Å²) in [7, 11) is 4.33. The summed E-state index contributed by atoms with van der Waals surface area (Å²) in [6.45, 7) is 4.26. The van der Waals surface area contributed by atoms with E-state index in [1.165, 1.54) is 25.7 Å². The molecule has 1 aromatic rings. The monoisotopic (exact) mass is 347 g/mol. The van der Waals surface area contributed by atoms with E-state index in [4.69, 9.17) is 0 Å². The lowest BCUT2D eigenvalue weighted by molar-refractivity contribution is 0.208. The van der Waals surface area contributed by atoms with E-state index in [2.05, 4.69) is 45.2 Å². The summed E-state index contributed by atoms with van der Waals surface area (Å²) in [4.78, 5) is 13.5. The number of aliphatic hydroxyl groups is 1. The highest BCUT2D eigenvalue weighted by molar-refractivity contribution is 5.48. The highest BCUT2D eigenvalue weighted by atomic mass is 16.3. The second-order valence-electron chi connectivity index (χ2n) is 8.20. The molecule has 2 N–H and O–H groups in total. The van der Waals surface area contributed by atoms with Gasteiger partial charge in [-0.3, -0.25) is 0 Å². The maximum absolute atomic E-state index is 9.44. The Bertz CT molecular complexity index is 544. The second kappa shape index (κ2) is 8.32. The summed E-state index contributed by atoms with van der Waals surface area (Å²) in [5.74, 6) is 2.26. The van der Waals surface area contributed by atoms with Gasteiger partial charge in [0.2, 0.25) is 0 Å². The van der Waals surface area contributed by atoms with Gasteiger partial charge in [-0.25, -0.2) is 9.97 Å². The van der Waals surface area contributed by atoms with Gasteiger partial charge in [-0.1, -0.05) is 12.8 Å². The van der Waals surface area contributed by atoms with Crippen LogP contribution in [0.4, 0.5) is 11.6 Å². The molecule has 0 radical (unpaired) electrons. The Labute approximate surface area is 151 Å². The van der Waals surface area contributed by atoms with Gasteiger partial charge in [-0.05, 0) is 45.7 Å². The number of hydrogen-bond acceptors (Lipinski definition) is 6. The van der Waals surface area contributed by atoms with E-state index in [0.717, 1.165) is 50.7 Å². The number of piperidine rings is 1. The van der Waals surface area contributed by atoms with Crippen LogP contribution in [0.15, 0.2) is 12.4 Å².